The number of thiophene rings is 1. The summed E-state index contributed by atoms with van der Waals surface area (Å²) in [6, 6.07) is 5.08. The molecule has 0 aliphatic rings. The van der Waals surface area contributed by atoms with Crippen LogP contribution in [0.5, 0.6) is 0 Å². The van der Waals surface area contributed by atoms with Gasteiger partial charge in [0.15, 0.2) is 0 Å². The minimum absolute atomic E-state index is 0.554. The molecule has 2 atom stereocenters. The van der Waals surface area contributed by atoms with Crippen LogP contribution in [0.4, 0.5) is 0 Å². The fourth-order valence-corrected chi connectivity index (χ4v) is 3.21. The summed E-state index contributed by atoms with van der Waals surface area (Å²) < 4.78 is 0. The monoisotopic (exact) mass is 239 g/mol. The van der Waals surface area contributed by atoms with E-state index in [4.69, 9.17) is 0 Å². The highest BCUT2D eigenvalue weighted by atomic mass is 32.1. The topological polar surface area (TPSA) is 12.0 Å². The molecule has 1 nitrogen and oxygen atoms in total. The van der Waals surface area contributed by atoms with Crippen molar-refractivity contribution < 1.29 is 0 Å². The van der Waals surface area contributed by atoms with Crippen molar-refractivity contribution in [3.8, 4) is 0 Å². The van der Waals surface area contributed by atoms with Gasteiger partial charge in [0.05, 0.1) is 0 Å². The molecule has 16 heavy (non-hydrogen) atoms. The van der Waals surface area contributed by atoms with Crippen LogP contribution in [0.2, 0.25) is 0 Å². The van der Waals surface area contributed by atoms with E-state index in [1.54, 1.807) is 0 Å². The fourth-order valence-electron chi connectivity index (χ4n) is 2.12. The Balaban J connectivity index is 2.69. The van der Waals surface area contributed by atoms with Crippen LogP contribution in [0, 0.1) is 12.8 Å². The summed E-state index contributed by atoms with van der Waals surface area (Å²) in [5.74, 6) is 0.731. The van der Waals surface area contributed by atoms with E-state index in [0.29, 0.717) is 6.04 Å². The van der Waals surface area contributed by atoms with E-state index in [1.807, 2.05) is 11.3 Å². The van der Waals surface area contributed by atoms with Gasteiger partial charge in [-0.2, -0.15) is 0 Å². The van der Waals surface area contributed by atoms with Crippen molar-refractivity contribution >= 4 is 11.3 Å². The Morgan fingerprint density at radius 1 is 1.25 bits per heavy atom. The van der Waals surface area contributed by atoms with Crippen LogP contribution in [-0.4, -0.2) is 6.54 Å². The maximum Gasteiger partial charge on any atom is 0.0440 e. The zero-order valence-electron chi connectivity index (χ0n) is 11.0. The summed E-state index contributed by atoms with van der Waals surface area (Å²) in [5, 5.41) is 3.69. The number of hydrogen-bond acceptors (Lipinski definition) is 2. The van der Waals surface area contributed by atoms with E-state index in [9.17, 15) is 0 Å². The lowest BCUT2D eigenvalue weighted by atomic mass is 9.95. The van der Waals surface area contributed by atoms with Crippen molar-refractivity contribution in [2.24, 2.45) is 5.92 Å². The Labute approximate surface area is 104 Å². The van der Waals surface area contributed by atoms with E-state index in [1.165, 1.54) is 29.0 Å². The lowest BCUT2D eigenvalue weighted by Gasteiger charge is -2.24. The summed E-state index contributed by atoms with van der Waals surface area (Å²) in [6.45, 7) is 10.2. The van der Waals surface area contributed by atoms with E-state index >= 15 is 0 Å². The molecular weight excluding hydrogens is 214 g/mol. The predicted octanol–water partition coefficient (Wildman–Crippen LogP) is 4.53. The average Bonchev–Trinajstić information content (AvgIpc) is 2.66. The lowest BCUT2D eigenvalue weighted by molar-refractivity contribution is 0.368. The highest BCUT2D eigenvalue weighted by Gasteiger charge is 2.19. The Hall–Kier alpha value is -0.340. The zero-order chi connectivity index (χ0) is 12.0. The minimum Gasteiger partial charge on any atom is -0.309 e. The van der Waals surface area contributed by atoms with Gasteiger partial charge in [-0.1, -0.05) is 27.2 Å². The van der Waals surface area contributed by atoms with Gasteiger partial charge < -0.3 is 5.32 Å². The Morgan fingerprint density at radius 2 is 2.00 bits per heavy atom. The summed E-state index contributed by atoms with van der Waals surface area (Å²) in [4.78, 5) is 2.92. The van der Waals surface area contributed by atoms with Crippen LogP contribution in [0.1, 0.15) is 55.8 Å². The standard InChI is InChI=1S/C14H25NS/c1-5-7-11(3)14(15-10-6-2)13-9-8-12(4)16-13/h8-9,11,14-15H,5-7,10H2,1-4H3. The van der Waals surface area contributed by atoms with Crippen LogP contribution in [0.15, 0.2) is 12.1 Å². The smallest absolute Gasteiger partial charge is 0.0440 e. The van der Waals surface area contributed by atoms with Crippen LogP contribution in [-0.2, 0) is 0 Å². The third-order valence-corrected chi connectivity index (χ3v) is 4.08. The second-order valence-corrected chi connectivity index (χ2v) is 5.97. The second-order valence-electron chi connectivity index (χ2n) is 4.65. The Bertz CT molecular complexity index is 293. The second kappa shape index (κ2) is 7.08. The molecule has 0 radical (unpaired) electrons. The van der Waals surface area contributed by atoms with Crippen molar-refractivity contribution in [1.82, 2.24) is 5.32 Å². The molecule has 92 valence electrons. The molecule has 0 aromatic carbocycles. The normalized spacial score (nSPS) is 15.0. The van der Waals surface area contributed by atoms with Crippen LogP contribution in [0.3, 0.4) is 0 Å². The van der Waals surface area contributed by atoms with E-state index < -0.39 is 0 Å². The van der Waals surface area contributed by atoms with Crippen molar-refractivity contribution in [3.63, 3.8) is 0 Å². The molecule has 1 N–H and O–H groups in total. The molecule has 1 heterocycles. The van der Waals surface area contributed by atoms with Gasteiger partial charge in [0.2, 0.25) is 0 Å². The highest BCUT2D eigenvalue weighted by Crippen LogP contribution is 2.30. The van der Waals surface area contributed by atoms with Gasteiger partial charge in [-0.3, -0.25) is 0 Å². The maximum absolute atomic E-state index is 3.69. The molecule has 0 saturated heterocycles. The van der Waals surface area contributed by atoms with Crippen LogP contribution in [0.25, 0.3) is 0 Å². The summed E-state index contributed by atoms with van der Waals surface area (Å²) in [6.07, 6.45) is 3.79. The molecule has 1 aromatic heterocycles. The van der Waals surface area contributed by atoms with Gasteiger partial charge in [0, 0.05) is 15.8 Å². The highest BCUT2D eigenvalue weighted by molar-refractivity contribution is 7.12. The summed E-state index contributed by atoms with van der Waals surface area (Å²) >= 11 is 1.94. The number of nitrogens with one attached hydrogen (secondary N) is 1. The fraction of sp³-hybridized carbons (Fsp3) is 0.714. The molecule has 0 spiro atoms. The molecular formula is C14H25NS. The SMILES string of the molecule is CCCNC(c1ccc(C)s1)C(C)CCC. The average molecular weight is 239 g/mol. The molecule has 2 heteroatoms. The van der Waals surface area contributed by atoms with E-state index in [0.717, 1.165) is 12.5 Å². The lowest BCUT2D eigenvalue weighted by Crippen LogP contribution is -2.27. The number of rotatable bonds is 7. The Morgan fingerprint density at radius 3 is 2.50 bits per heavy atom. The molecule has 1 rings (SSSR count). The molecule has 0 saturated carbocycles. The third kappa shape index (κ3) is 3.91. The first kappa shape index (κ1) is 13.7. The molecule has 0 amide bonds. The van der Waals surface area contributed by atoms with Gasteiger partial charge in [-0.15, -0.1) is 11.3 Å². The van der Waals surface area contributed by atoms with Gasteiger partial charge in [-0.05, 0) is 44.4 Å². The quantitative estimate of drug-likeness (QED) is 0.737. The molecule has 0 aliphatic carbocycles. The van der Waals surface area contributed by atoms with Crippen molar-refractivity contribution in [1.29, 1.82) is 0 Å². The number of aryl methyl sites for hydroxylation is 1. The number of hydrogen-bond donors (Lipinski definition) is 1. The van der Waals surface area contributed by atoms with Crippen molar-refractivity contribution in [2.75, 3.05) is 6.54 Å². The summed E-state index contributed by atoms with van der Waals surface area (Å²) in [7, 11) is 0. The molecule has 0 bridgehead atoms. The van der Waals surface area contributed by atoms with Gasteiger partial charge >= 0.3 is 0 Å². The first-order chi connectivity index (χ1) is 7.69. The largest absolute Gasteiger partial charge is 0.309 e. The molecule has 0 aliphatic heterocycles. The van der Waals surface area contributed by atoms with Gasteiger partial charge in [0.1, 0.15) is 0 Å². The van der Waals surface area contributed by atoms with Crippen LogP contribution < -0.4 is 5.32 Å². The van der Waals surface area contributed by atoms with Gasteiger partial charge in [-0.25, -0.2) is 0 Å². The minimum atomic E-state index is 0.554. The van der Waals surface area contributed by atoms with Gasteiger partial charge in [0.25, 0.3) is 0 Å². The van der Waals surface area contributed by atoms with Crippen molar-refractivity contribution in [2.45, 2.75) is 53.0 Å². The molecule has 2 unspecified atom stereocenters. The maximum atomic E-state index is 3.69. The van der Waals surface area contributed by atoms with E-state index in [2.05, 4.69) is 45.1 Å². The Kier molecular flexibility index (Phi) is 6.07. The van der Waals surface area contributed by atoms with E-state index in [-0.39, 0.29) is 0 Å². The first-order valence-corrected chi connectivity index (χ1v) is 7.30. The molecule has 1 aromatic rings. The predicted molar refractivity (Wildman–Crippen MR) is 74.2 cm³/mol. The zero-order valence-corrected chi connectivity index (χ0v) is 11.9. The summed E-state index contributed by atoms with van der Waals surface area (Å²) in [5.41, 5.74) is 0. The third-order valence-electron chi connectivity index (χ3n) is 2.99. The molecule has 0 fully saturated rings. The van der Waals surface area contributed by atoms with Crippen molar-refractivity contribution in [3.05, 3.63) is 21.9 Å². The first-order valence-electron chi connectivity index (χ1n) is 6.48. The van der Waals surface area contributed by atoms with Crippen LogP contribution >= 0.6 is 11.3 Å².